The largest absolute Gasteiger partial charge is 0.448 e. The van der Waals surface area contributed by atoms with Gasteiger partial charge in [-0.1, -0.05) is 54.6 Å². The Balaban J connectivity index is 1.12. The summed E-state index contributed by atoms with van der Waals surface area (Å²) in [6.45, 7) is 1.30. The van der Waals surface area contributed by atoms with Crippen molar-refractivity contribution in [2.45, 2.75) is 24.4 Å². The summed E-state index contributed by atoms with van der Waals surface area (Å²) >= 11 is 0. The number of carbonyl (C=O) groups excluding carboxylic acids is 1. The molecule has 7 heteroatoms. The normalized spacial score (nSPS) is 20.9. The number of ether oxygens (including phenoxy) is 2. The molecular formula is C28H24N4O3. The Morgan fingerprint density at radius 3 is 2.54 bits per heavy atom. The van der Waals surface area contributed by atoms with Crippen LogP contribution >= 0.6 is 0 Å². The number of carbonyl (C=O) groups is 1. The van der Waals surface area contributed by atoms with Gasteiger partial charge in [-0.3, -0.25) is 9.30 Å². The lowest BCUT2D eigenvalue weighted by Gasteiger charge is -2.44. The van der Waals surface area contributed by atoms with E-state index in [-0.39, 0.29) is 24.1 Å². The predicted molar refractivity (Wildman–Crippen MR) is 131 cm³/mol. The molecule has 2 unspecified atom stereocenters. The topological polar surface area (TPSA) is 69.0 Å². The number of benzene rings is 2. The van der Waals surface area contributed by atoms with Crippen LogP contribution in [0.4, 0.5) is 4.79 Å². The van der Waals surface area contributed by atoms with Gasteiger partial charge in [0.05, 0.1) is 25.3 Å². The molecule has 4 aromatic rings. The number of aromatic nitrogens is 3. The smallest absolute Gasteiger partial charge is 0.410 e. The van der Waals surface area contributed by atoms with Crippen LogP contribution in [-0.2, 0) is 9.47 Å². The minimum absolute atomic E-state index is 0.0499. The Morgan fingerprint density at radius 1 is 1.00 bits per heavy atom. The zero-order valence-electron chi connectivity index (χ0n) is 19.1. The molecule has 2 aliphatic heterocycles. The summed E-state index contributed by atoms with van der Waals surface area (Å²) in [5, 5.41) is 8.05. The standard InChI is InChI=1S/C28H24N4O3/c33-28(35-16-26-24-7-3-1-5-22(24)23-6-2-4-8-25(23)26)32-20-11-19(12-21(32)15-34-14-20)18-9-10-27-30-29-17-31(27)13-18/h1-11,13,17,20-21,26H,12,14-16H2. The third kappa shape index (κ3) is 3.34. The highest BCUT2D eigenvalue weighted by molar-refractivity contribution is 5.79. The number of hydrogen-bond donors (Lipinski definition) is 0. The molecule has 0 N–H and O–H groups in total. The van der Waals surface area contributed by atoms with E-state index in [9.17, 15) is 4.79 Å². The van der Waals surface area contributed by atoms with Crippen LogP contribution in [0.5, 0.6) is 0 Å². The van der Waals surface area contributed by atoms with E-state index in [0.717, 1.165) is 11.2 Å². The molecule has 1 fully saturated rings. The summed E-state index contributed by atoms with van der Waals surface area (Å²) in [5.41, 5.74) is 8.03. The summed E-state index contributed by atoms with van der Waals surface area (Å²) in [6.07, 6.45) is 6.34. The monoisotopic (exact) mass is 464 g/mol. The van der Waals surface area contributed by atoms with Gasteiger partial charge < -0.3 is 9.47 Å². The fraction of sp³-hybridized carbons (Fsp3) is 0.250. The van der Waals surface area contributed by atoms with Crippen molar-refractivity contribution < 1.29 is 14.3 Å². The van der Waals surface area contributed by atoms with Crippen molar-refractivity contribution in [3.8, 4) is 11.1 Å². The molecular weight excluding hydrogens is 440 g/mol. The van der Waals surface area contributed by atoms with E-state index in [0.29, 0.717) is 26.2 Å². The lowest BCUT2D eigenvalue weighted by atomic mass is 9.91. The molecule has 1 amide bonds. The molecule has 2 atom stereocenters. The Hall–Kier alpha value is -3.97. The molecule has 4 heterocycles. The van der Waals surface area contributed by atoms with Gasteiger partial charge in [-0.15, -0.1) is 10.2 Å². The number of fused-ring (bicyclic) bond motifs is 6. The van der Waals surface area contributed by atoms with Crippen molar-refractivity contribution in [2.75, 3.05) is 19.8 Å². The molecule has 7 rings (SSSR count). The van der Waals surface area contributed by atoms with Crippen LogP contribution in [0.1, 0.15) is 29.0 Å². The molecule has 2 aromatic carbocycles. The molecule has 1 saturated heterocycles. The van der Waals surface area contributed by atoms with Crippen molar-refractivity contribution in [1.82, 2.24) is 19.5 Å². The fourth-order valence-electron chi connectivity index (χ4n) is 5.78. The molecule has 2 aromatic heterocycles. The summed E-state index contributed by atoms with van der Waals surface area (Å²) < 4.78 is 13.7. The number of hydrogen-bond acceptors (Lipinski definition) is 5. The highest BCUT2D eigenvalue weighted by Gasteiger charge is 2.40. The Morgan fingerprint density at radius 2 is 1.77 bits per heavy atom. The van der Waals surface area contributed by atoms with Gasteiger partial charge in [-0.25, -0.2) is 4.79 Å². The predicted octanol–water partition coefficient (Wildman–Crippen LogP) is 4.53. The van der Waals surface area contributed by atoms with Gasteiger partial charge in [0.2, 0.25) is 0 Å². The van der Waals surface area contributed by atoms with E-state index in [2.05, 4.69) is 70.9 Å². The fourth-order valence-corrected chi connectivity index (χ4v) is 5.78. The third-order valence-corrected chi connectivity index (χ3v) is 7.41. The van der Waals surface area contributed by atoms with Gasteiger partial charge in [-0.05, 0) is 51.9 Å². The minimum atomic E-state index is -0.269. The second-order valence-electron chi connectivity index (χ2n) is 9.38. The first-order valence-corrected chi connectivity index (χ1v) is 12.0. The first kappa shape index (κ1) is 20.4. The zero-order chi connectivity index (χ0) is 23.4. The van der Waals surface area contributed by atoms with Gasteiger partial charge in [0.1, 0.15) is 12.9 Å². The van der Waals surface area contributed by atoms with Crippen LogP contribution in [-0.4, -0.2) is 57.5 Å². The maximum Gasteiger partial charge on any atom is 0.410 e. The van der Waals surface area contributed by atoms with E-state index in [4.69, 9.17) is 9.47 Å². The summed E-state index contributed by atoms with van der Waals surface area (Å²) in [7, 11) is 0. The van der Waals surface area contributed by atoms with Crippen LogP contribution in [0.15, 0.2) is 79.3 Å². The highest BCUT2D eigenvalue weighted by atomic mass is 16.6. The van der Waals surface area contributed by atoms with Crippen LogP contribution in [0.2, 0.25) is 0 Å². The van der Waals surface area contributed by atoms with Crippen LogP contribution in [0.25, 0.3) is 22.3 Å². The highest BCUT2D eigenvalue weighted by Crippen LogP contribution is 2.44. The lowest BCUT2D eigenvalue weighted by Crippen LogP contribution is -2.56. The van der Waals surface area contributed by atoms with Crippen molar-refractivity contribution in [2.24, 2.45) is 0 Å². The molecule has 1 aliphatic carbocycles. The summed E-state index contributed by atoms with van der Waals surface area (Å²) in [4.78, 5) is 15.2. The van der Waals surface area contributed by atoms with E-state index in [1.165, 1.54) is 27.8 Å². The van der Waals surface area contributed by atoms with Gasteiger partial charge in [0.25, 0.3) is 0 Å². The number of morpholine rings is 1. The third-order valence-electron chi connectivity index (χ3n) is 7.41. The summed E-state index contributed by atoms with van der Waals surface area (Å²) in [5.74, 6) is 0.0499. The van der Waals surface area contributed by atoms with Gasteiger partial charge in [0, 0.05) is 12.1 Å². The van der Waals surface area contributed by atoms with Crippen molar-refractivity contribution in [3.63, 3.8) is 0 Å². The van der Waals surface area contributed by atoms with Crippen molar-refractivity contribution in [1.29, 1.82) is 0 Å². The van der Waals surface area contributed by atoms with Crippen molar-refractivity contribution >= 4 is 17.3 Å². The number of pyridine rings is 1. The Bertz CT molecular complexity index is 1430. The maximum absolute atomic E-state index is 13.4. The van der Waals surface area contributed by atoms with Crippen LogP contribution in [0, 0.1) is 0 Å². The second-order valence-corrected chi connectivity index (χ2v) is 9.38. The first-order valence-electron chi connectivity index (χ1n) is 12.0. The Kier molecular flexibility index (Phi) is 4.70. The molecule has 0 spiro atoms. The van der Waals surface area contributed by atoms with Crippen molar-refractivity contribution in [3.05, 3.63) is 96.0 Å². The first-order chi connectivity index (χ1) is 17.3. The average Bonchev–Trinajstić information content (AvgIpc) is 3.48. The molecule has 0 radical (unpaired) electrons. The summed E-state index contributed by atoms with van der Waals surface area (Å²) in [6, 6.07) is 20.6. The van der Waals surface area contributed by atoms with E-state index in [1.807, 2.05) is 21.6 Å². The molecule has 35 heavy (non-hydrogen) atoms. The van der Waals surface area contributed by atoms with Gasteiger partial charge in [-0.2, -0.15) is 0 Å². The van der Waals surface area contributed by atoms with E-state index < -0.39 is 0 Å². The average molecular weight is 465 g/mol. The lowest BCUT2D eigenvalue weighted by molar-refractivity contribution is -0.0331. The number of amides is 1. The quantitative estimate of drug-likeness (QED) is 0.446. The number of rotatable bonds is 3. The van der Waals surface area contributed by atoms with Gasteiger partial charge >= 0.3 is 6.09 Å². The zero-order valence-corrected chi connectivity index (χ0v) is 19.1. The molecule has 2 bridgehead atoms. The van der Waals surface area contributed by atoms with Gasteiger partial charge in [0.15, 0.2) is 5.65 Å². The SMILES string of the molecule is O=C(OCC1c2ccccc2-c2ccccc21)N1C2C=C(c3ccc4nncn4c3)CC1COC2. The molecule has 3 aliphatic rings. The van der Waals surface area contributed by atoms with Crippen LogP contribution in [0.3, 0.4) is 0 Å². The molecule has 174 valence electrons. The second kappa shape index (κ2) is 8.06. The number of nitrogens with zero attached hydrogens (tertiary/aromatic N) is 4. The maximum atomic E-state index is 13.4. The molecule has 0 saturated carbocycles. The molecule has 7 nitrogen and oxygen atoms in total. The van der Waals surface area contributed by atoms with E-state index in [1.54, 1.807) is 6.33 Å². The minimum Gasteiger partial charge on any atom is -0.448 e. The van der Waals surface area contributed by atoms with Crippen LogP contribution < -0.4 is 0 Å². The Labute approximate surface area is 202 Å². The van der Waals surface area contributed by atoms with E-state index >= 15 is 0 Å².